The van der Waals surface area contributed by atoms with Gasteiger partial charge in [0.25, 0.3) is 5.91 Å². The van der Waals surface area contributed by atoms with Crippen molar-refractivity contribution in [3.63, 3.8) is 0 Å². The Balaban J connectivity index is 1.43. The number of hydrogen-bond acceptors (Lipinski definition) is 4. The van der Waals surface area contributed by atoms with E-state index in [0.29, 0.717) is 42.9 Å². The smallest absolute Gasteiger partial charge is 0.281 e. The molecule has 0 radical (unpaired) electrons. The average Bonchev–Trinajstić information content (AvgIpc) is 3.51. The number of imidazole rings is 1. The van der Waals surface area contributed by atoms with E-state index in [1.807, 2.05) is 78.2 Å². The molecule has 1 amide bonds. The molecule has 2 aliphatic rings. The number of rotatable bonds is 5. The maximum atomic E-state index is 13.9. The van der Waals surface area contributed by atoms with Crippen LogP contribution in [-0.4, -0.2) is 45.4 Å². The lowest BCUT2D eigenvalue weighted by atomic mass is 10.1. The van der Waals surface area contributed by atoms with Crippen LogP contribution in [0.1, 0.15) is 39.9 Å². The van der Waals surface area contributed by atoms with Crippen LogP contribution in [0.4, 0.5) is 5.82 Å². The Bertz CT molecular complexity index is 1510. The van der Waals surface area contributed by atoms with Crippen molar-refractivity contribution < 1.29 is 4.79 Å². The second kappa shape index (κ2) is 9.79. The minimum atomic E-state index is -0.0796. The molecule has 0 bridgehead atoms. The molecule has 0 spiro atoms. The van der Waals surface area contributed by atoms with Crippen molar-refractivity contribution in [2.24, 2.45) is 4.99 Å². The number of fused-ring (bicyclic) bond motifs is 3. The summed E-state index contributed by atoms with van der Waals surface area (Å²) < 4.78 is 1.97. The molecule has 37 heavy (non-hydrogen) atoms. The summed E-state index contributed by atoms with van der Waals surface area (Å²) in [5.41, 5.74) is 3.80. The van der Waals surface area contributed by atoms with Crippen molar-refractivity contribution in [1.29, 1.82) is 0 Å². The third-order valence-electron chi connectivity index (χ3n) is 6.73. The number of carbonyl (C=O) groups excluding carboxylic acids is 1. The highest BCUT2D eigenvalue weighted by Gasteiger charge is 2.43. The Kier molecular flexibility index (Phi) is 6.03. The molecule has 2 aliphatic heterocycles. The van der Waals surface area contributed by atoms with E-state index in [9.17, 15) is 4.79 Å². The maximum absolute atomic E-state index is 13.9. The number of carbonyl (C=O) groups is 1. The number of aromatic nitrogens is 2. The topological polar surface area (TPSA) is 53.7 Å². The van der Waals surface area contributed by atoms with Crippen LogP contribution in [0.3, 0.4) is 0 Å². The Morgan fingerprint density at radius 2 is 1.51 bits per heavy atom. The molecule has 0 unspecified atom stereocenters. The van der Waals surface area contributed by atoms with Crippen molar-refractivity contribution in [2.45, 2.75) is 25.9 Å². The van der Waals surface area contributed by atoms with Gasteiger partial charge in [0.2, 0.25) is 5.96 Å². The van der Waals surface area contributed by atoms with Crippen molar-refractivity contribution in [1.82, 2.24) is 14.5 Å². The van der Waals surface area contributed by atoms with Crippen molar-refractivity contribution in [3.8, 4) is 11.8 Å². The summed E-state index contributed by atoms with van der Waals surface area (Å²) in [7, 11) is 0. The largest absolute Gasteiger partial charge is 0.307 e. The quantitative estimate of drug-likeness (QED) is 0.389. The van der Waals surface area contributed by atoms with E-state index in [2.05, 4.69) is 41.0 Å². The van der Waals surface area contributed by atoms with Crippen molar-refractivity contribution in [3.05, 3.63) is 119 Å². The van der Waals surface area contributed by atoms with E-state index in [-0.39, 0.29) is 11.9 Å². The molecule has 1 atom stereocenters. The number of hydrogen-bond donors (Lipinski definition) is 0. The van der Waals surface area contributed by atoms with Gasteiger partial charge in [-0.05, 0) is 42.5 Å². The van der Waals surface area contributed by atoms with E-state index in [0.717, 1.165) is 17.5 Å². The molecule has 6 heteroatoms. The Hall–Kier alpha value is -4.63. The molecular weight excluding hydrogens is 458 g/mol. The molecule has 6 rings (SSSR count). The molecule has 0 aliphatic carbocycles. The third kappa shape index (κ3) is 4.41. The van der Waals surface area contributed by atoms with Gasteiger partial charge in [0.05, 0.1) is 19.1 Å². The van der Waals surface area contributed by atoms with Gasteiger partial charge in [-0.15, -0.1) is 0 Å². The van der Waals surface area contributed by atoms with Gasteiger partial charge in [-0.1, -0.05) is 84.8 Å². The number of benzene rings is 3. The number of anilines is 1. The van der Waals surface area contributed by atoms with Gasteiger partial charge < -0.3 is 4.57 Å². The molecule has 0 saturated carbocycles. The van der Waals surface area contributed by atoms with Crippen LogP contribution in [-0.2, 0) is 13.0 Å². The minimum absolute atomic E-state index is 0.0447. The average molecular weight is 486 g/mol. The Morgan fingerprint density at radius 3 is 2.19 bits per heavy atom. The summed E-state index contributed by atoms with van der Waals surface area (Å²) in [5.74, 6) is 8.32. The molecule has 0 N–H and O–H groups in total. The van der Waals surface area contributed by atoms with Crippen LogP contribution in [0.15, 0.2) is 96.0 Å². The van der Waals surface area contributed by atoms with Crippen LogP contribution in [0, 0.1) is 11.8 Å². The van der Waals surface area contributed by atoms with E-state index in [1.54, 1.807) is 4.90 Å². The summed E-state index contributed by atoms with van der Waals surface area (Å²) in [4.78, 5) is 27.7. The maximum Gasteiger partial charge on any atom is 0.281 e. The molecular formula is C31H27N5O. The first-order valence-electron chi connectivity index (χ1n) is 12.6. The van der Waals surface area contributed by atoms with Gasteiger partial charge in [0.1, 0.15) is 0 Å². The zero-order valence-electron chi connectivity index (χ0n) is 20.7. The molecule has 4 aromatic rings. The summed E-state index contributed by atoms with van der Waals surface area (Å²) in [6, 6.07) is 30.4. The summed E-state index contributed by atoms with van der Waals surface area (Å²) in [6.45, 7) is 3.71. The van der Waals surface area contributed by atoms with Crippen LogP contribution in [0.25, 0.3) is 0 Å². The minimum Gasteiger partial charge on any atom is -0.307 e. The predicted molar refractivity (Wildman–Crippen MR) is 146 cm³/mol. The first-order valence-corrected chi connectivity index (χ1v) is 12.6. The van der Waals surface area contributed by atoms with E-state index < -0.39 is 0 Å². The zero-order chi connectivity index (χ0) is 25.2. The molecule has 6 nitrogen and oxygen atoms in total. The highest BCUT2D eigenvalue weighted by atomic mass is 16.2. The second-order valence-electron chi connectivity index (χ2n) is 9.23. The fourth-order valence-corrected chi connectivity index (χ4v) is 4.97. The zero-order valence-corrected chi connectivity index (χ0v) is 20.7. The highest BCUT2D eigenvalue weighted by molar-refractivity contribution is 6.18. The number of guanidine groups is 1. The first kappa shape index (κ1) is 22.8. The summed E-state index contributed by atoms with van der Waals surface area (Å²) >= 11 is 0. The van der Waals surface area contributed by atoms with Crippen LogP contribution in [0.5, 0.6) is 0 Å². The monoisotopic (exact) mass is 485 g/mol. The van der Waals surface area contributed by atoms with E-state index in [1.165, 1.54) is 5.56 Å². The lowest BCUT2D eigenvalue weighted by Crippen LogP contribution is -2.50. The number of aliphatic imine (C=N–C) groups is 1. The molecule has 0 saturated heterocycles. The number of nitrogens with zero attached hydrogens (tertiary/aromatic N) is 5. The fraction of sp³-hybridized carbons (Fsp3) is 0.194. The van der Waals surface area contributed by atoms with Gasteiger partial charge in [-0.3, -0.25) is 14.6 Å². The molecule has 0 fully saturated rings. The SMILES string of the molecule is CCN1C(=O)c2c(nc(C#Cc3ccccc3)n2Cc2ccccc2)N2C[C@@H](Cc3ccccc3)N=C12. The van der Waals surface area contributed by atoms with Crippen LogP contribution in [0.2, 0.25) is 0 Å². The van der Waals surface area contributed by atoms with Crippen LogP contribution >= 0.6 is 0 Å². The second-order valence-corrected chi connectivity index (χ2v) is 9.23. The predicted octanol–water partition coefficient (Wildman–Crippen LogP) is 4.59. The summed E-state index contributed by atoms with van der Waals surface area (Å²) in [6.07, 6.45) is 0.813. The lowest BCUT2D eigenvalue weighted by Gasteiger charge is -2.32. The number of amides is 1. The van der Waals surface area contributed by atoms with Gasteiger partial charge in [0.15, 0.2) is 17.3 Å². The molecule has 3 aromatic carbocycles. The Labute approximate surface area is 216 Å². The van der Waals surface area contributed by atoms with Gasteiger partial charge >= 0.3 is 0 Å². The normalized spacial score (nSPS) is 16.1. The molecule has 3 heterocycles. The van der Waals surface area contributed by atoms with Gasteiger partial charge in [0, 0.05) is 12.1 Å². The first-order chi connectivity index (χ1) is 18.2. The van der Waals surface area contributed by atoms with Crippen molar-refractivity contribution >= 4 is 17.7 Å². The molecule has 1 aromatic heterocycles. The van der Waals surface area contributed by atoms with Crippen molar-refractivity contribution in [2.75, 3.05) is 18.0 Å². The standard InChI is InChI=1S/C31H27N5O/c1-2-34-30(37)28-29(36-22-26(32-31(34)36)20-24-14-8-4-9-15-24)33-27(19-18-23-12-6-3-7-13-23)35(28)21-25-16-10-5-11-17-25/h3-17,26H,2,20-22H2,1H3/t26-/m1/s1. The highest BCUT2D eigenvalue weighted by Crippen LogP contribution is 2.33. The lowest BCUT2D eigenvalue weighted by molar-refractivity contribution is 0.0836. The van der Waals surface area contributed by atoms with E-state index >= 15 is 0 Å². The summed E-state index contributed by atoms with van der Waals surface area (Å²) in [5, 5.41) is 0. The Morgan fingerprint density at radius 1 is 0.865 bits per heavy atom. The van der Waals surface area contributed by atoms with Gasteiger partial charge in [-0.25, -0.2) is 9.98 Å². The van der Waals surface area contributed by atoms with Gasteiger partial charge in [-0.2, -0.15) is 0 Å². The van der Waals surface area contributed by atoms with Crippen LogP contribution < -0.4 is 4.90 Å². The third-order valence-corrected chi connectivity index (χ3v) is 6.73. The fourth-order valence-electron chi connectivity index (χ4n) is 4.97. The molecule has 182 valence electrons. The van der Waals surface area contributed by atoms with E-state index in [4.69, 9.17) is 9.98 Å².